The molecule has 1 unspecified atom stereocenters. The van der Waals surface area contributed by atoms with Gasteiger partial charge in [0, 0.05) is 0 Å². The Morgan fingerprint density at radius 3 is 2.59 bits per heavy atom. The average Bonchev–Trinajstić information content (AvgIpc) is 2.36. The van der Waals surface area contributed by atoms with Crippen molar-refractivity contribution in [1.29, 1.82) is 5.26 Å². The van der Waals surface area contributed by atoms with Gasteiger partial charge in [0.15, 0.2) is 0 Å². The Morgan fingerprint density at radius 1 is 1.41 bits per heavy atom. The molecule has 0 aliphatic carbocycles. The van der Waals surface area contributed by atoms with Crippen LogP contribution in [0.1, 0.15) is 26.2 Å². The summed E-state index contributed by atoms with van der Waals surface area (Å²) in [5.74, 6) is 0.344. The SMILES string of the molecule is CCC(N)(C#N)CCCOc1ccc(F)cc1. The number of nitrogens with zero attached hydrogens (tertiary/aromatic N) is 1. The van der Waals surface area contributed by atoms with E-state index in [1.54, 1.807) is 12.1 Å². The molecular formula is C13H17FN2O. The second-order valence-electron chi connectivity index (χ2n) is 4.03. The number of nitriles is 1. The molecule has 4 heteroatoms. The van der Waals surface area contributed by atoms with Crippen LogP contribution in [0.4, 0.5) is 4.39 Å². The molecule has 1 atom stereocenters. The van der Waals surface area contributed by atoms with E-state index < -0.39 is 5.54 Å². The van der Waals surface area contributed by atoms with Crippen molar-refractivity contribution in [1.82, 2.24) is 0 Å². The van der Waals surface area contributed by atoms with Crippen LogP contribution in [0.2, 0.25) is 0 Å². The summed E-state index contributed by atoms with van der Waals surface area (Å²) in [6.45, 7) is 2.37. The van der Waals surface area contributed by atoms with Gasteiger partial charge in [-0.05, 0) is 43.5 Å². The lowest BCUT2D eigenvalue weighted by atomic mass is 9.94. The molecule has 0 fully saturated rings. The first-order valence-electron chi connectivity index (χ1n) is 5.68. The Kier molecular flexibility index (Phi) is 4.92. The van der Waals surface area contributed by atoms with Gasteiger partial charge < -0.3 is 10.5 Å². The van der Waals surface area contributed by atoms with Gasteiger partial charge in [0.25, 0.3) is 0 Å². The Labute approximate surface area is 101 Å². The van der Waals surface area contributed by atoms with Crippen LogP contribution in [-0.4, -0.2) is 12.1 Å². The van der Waals surface area contributed by atoms with E-state index in [9.17, 15) is 4.39 Å². The van der Waals surface area contributed by atoms with Crippen molar-refractivity contribution < 1.29 is 9.13 Å². The number of halogens is 1. The summed E-state index contributed by atoms with van der Waals surface area (Å²) in [5.41, 5.74) is 5.07. The molecule has 1 aromatic rings. The molecule has 1 rings (SSSR count). The summed E-state index contributed by atoms with van der Waals surface area (Å²) in [7, 11) is 0. The zero-order valence-corrected chi connectivity index (χ0v) is 9.95. The molecule has 0 saturated carbocycles. The fourth-order valence-corrected chi connectivity index (χ4v) is 1.42. The average molecular weight is 236 g/mol. The summed E-state index contributed by atoms with van der Waals surface area (Å²) in [6, 6.07) is 7.97. The maximum absolute atomic E-state index is 12.6. The predicted molar refractivity (Wildman–Crippen MR) is 64.0 cm³/mol. The summed E-state index contributed by atoms with van der Waals surface area (Å²) >= 11 is 0. The third-order valence-corrected chi connectivity index (χ3v) is 2.70. The van der Waals surface area contributed by atoms with Gasteiger partial charge >= 0.3 is 0 Å². The third-order valence-electron chi connectivity index (χ3n) is 2.70. The molecule has 0 amide bonds. The smallest absolute Gasteiger partial charge is 0.123 e. The first-order chi connectivity index (χ1) is 8.09. The number of hydrogen-bond donors (Lipinski definition) is 1. The van der Waals surface area contributed by atoms with Crippen molar-refractivity contribution >= 4 is 0 Å². The van der Waals surface area contributed by atoms with Crippen molar-refractivity contribution in [3.63, 3.8) is 0 Å². The molecule has 0 aromatic heterocycles. The van der Waals surface area contributed by atoms with E-state index in [1.807, 2.05) is 6.92 Å². The number of nitrogens with two attached hydrogens (primary N) is 1. The highest BCUT2D eigenvalue weighted by Gasteiger charge is 2.20. The molecular weight excluding hydrogens is 219 g/mol. The monoisotopic (exact) mass is 236 g/mol. The Balaban J connectivity index is 2.29. The molecule has 0 aliphatic rings. The Morgan fingerprint density at radius 2 is 2.06 bits per heavy atom. The Hall–Kier alpha value is -1.60. The molecule has 1 aromatic carbocycles. The highest BCUT2D eigenvalue weighted by atomic mass is 19.1. The largest absolute Gasteiger partial charge is 0.494 e. The maximum atomic E-state index is 12.6. The molecule has 2 N–H and O–H groups in total. The van der Waals surface area contributed by atoms with Crippen LogP contribution in [-0.2, 0) is 0 Å². The van der Waals surface area contributed by atoms with Crippen molar-refractivity contribution in [2.45, 2.75) is 31.7 Å². The molecule has 0 bridgehead atoms. The molecule has 0 heterocycles. The molecule has 17 heavy (non-hydrogen) atoms. The van der Waals surface area contributed by atoms with Gasteiger partial charge in [0.1, 0.15) is 17.1 Å². The Bertz CT molecular complexity index is 385. The molecule has 0 saturated heterocycles. The minimum Gasteiger partial charge on any atom is -0.494 e. The van der Waals surface area contributed by atoms with Crippen LogP contribution in [0.3, 0.4) is 0 Å². The van der Waals surface area contributed by atoms with E-state index in [1.165, 1.54) is 12.1 Å². The highest BCUT2D eigenvalue weighted by molar-refractivity contribution is 5.21. The van der Waals surface area contributed by atoms with E-state index in [-0.39, 0.29) is 5.82 Å². The normalized spacial score (nSPS) is 13.8. The summed E-state index contributed by atoms with van der Waals surface area (Å²) in [4.78, 5) is 0. The van der Waals surface area contributed by atoms with Gasteiger partial charge in [-0.3, -0.25) is 0 Å². The van der Waals surface area contributed by atoms with Crippen molar-refractivity contribution in [3.05, 3.63) is 30.1 Å². The first kappa shape index (κ1) is 13.5. The minimum absolute atomic E-state index is 0.284. The van der Waals surface area contributed by atoms with E-state index >= 15 is 0 Å². The van der Waals surface area contributed by atoms with Gasteiger partial charge in [0.05, 0.1) is 12.7 Å². The second kappa shape index (κ2) is 6.21. The van der Waals surface area contributed by atoms with Crippen molar-refractivity contribution in [2.24, 2.45) is 5.73 Å². The summed E-state index contributed by atoms with van der Waals surface area (Å²) in [6.07, 6.45) is 1.93. The van der Waals surface area contributed by atoms with Crippen LogP contribution in [0.5, 0.6) is 5.75 Å². The van der Waals surface area contributed by atoms with Gasteiger partial charge in [0.2, 0.25) is 0 Å². The van der Waals surface area contributed by atoms with Gasteiger partial charge in [-0.2, -0.15) is 5.26 Å². The number of ether oxygens (including phenoxy) is 1. The second-order valence-corrected chi connectivity index (χ2v) is 4.03. The minimum atomic E-state index is -0.758. The van der Waals surface area contributed by atoms with Gasteiger partial charge in [-0.25, -0.2) is 4.39 Å². The fraction of sp³-hybridized carbons (Fsp3) is 0.462. The van der Waals surface area contributed by atoms with Crippen LogP contribution < -0.4 is 10.5 Å². The summed E-state index contributed by atoms with van der Waals surface area (Å²) in [5, 5.41) is 8.87. The zero-order valence-electron chi connectivity index (χ0n) is 9.95. The summed E-state index contributed by atoms with van der Waals surface area (Å²) < 4.78 is 18.0. The predicted octanol–water partition coefficient (Wildman–Crippen LogP) is 2.62. The molecule has 0 radical (unpaired) electrons. The topological polar surface area (TPSA) is 59.0 Å². The lowest BCUT2D eigenvalue weighted by Crippen LogP contribution is -2.37. The van der Waals surface area contributed by atoms with E-state index in [0.717, 1.165) is 0 Å². The molecule has 0 aliphatic heterocycles. The van der Waals surface area contributed by atoms with Crippen molar-refractivity contribution in [2.75, 3.05) is 6.61 Å². The standard InChI is InChI=1S/C13H17FN2O/c1-2-13(16,10-15)8-3-9-17-12-6-4-11(14)5-7-12/h4-7H,2-3,8-9,16H2,1H3. The van der Waals surface area contributed by atoms with E-state index in [4.69, 9.17) is 15.7 Å². The number of hydrogen-bond acceptors (Lipinski definition) is 3. The van der Waals surface area contributed by atoms with E-state index in [0.29, 0.717) is 31.6 Å². The number of benzene rings is 1. The maximum Gasteiger partial charge on any atom is 0.123 e. The zero-order chi connectivity index (χ0) is 12.7. The van der Waals surface area contributed by atoms with Crippen LogP contribution >= 0.6 is 0 Å². The van der Waals surface area contributed by atoms with Crippen molar-refractivity contribution in [3.8, 4) is 11.8 Å². The van der Waals surface area contributed by atoms with Crippen LogP contribution in [0.15, 0.2) is 24.3 Å². The van der Waals surface area contributed by atoms with Gasteiger partial charge in [-0.1, -0.05) is 6.92 Å². The fourth-order valence-electron chi connectivity index (χ4n) is 1.42. The number of rotatable bonds is 6. The molecule has 3 nitrogen and oxygen atoms in total. The quantitative estimate of drug-likeness (QED) is 0.772. The van der Waals surface area contributed by atoms with Crippen LogP contribution in [0, 0.1) is 17.1 Å². The molecule has 92 valence electrons. The van der Waals surface area contributed by atoms with Crippen LogP contribution in [0.25, 0.3) is 0 Å². The molecule has 0 spiro atoms. The van der Waals surface area contributed by atoms with Gasteiger partial charge in [-0.15, -0.1) is 0 Å². The lowest BCUT2D eigenvalue weighted by molar-refractivity contribution is 0.291. The third kappa shape index (κ3) is 4.41. The lowest BCUT2D eigenvalue weighted by Gasteiger charge is -2.18. The first-order valence-corrected chi connectivity index (χ1v) is 5.68. The highest BCUT2D eigenvalue weighted by Crippen LogP contribution is 2.15. The van der Waals surface area contributed by atoms with E-state index in [2.05, 4.69) is 6.07 Å².